The molecular weight excluding hydrogens is 236 g/mol. The van der Waals surface area contributed by atoms with E-state index in [1.807, 2.05) is 0 Å². The van der Waals surface area contributed by atoms with E-state index >= 15 is 0 Å². The van der Waals surface area contributed by atoms with Gasteiger partial charge in [0.1, 0.15) is 0 Å². The third-order valence-electron chi connectivity index (χ3n) is 2.64. The van der Waals surface area contributed by atoms with Gasteiger partial charge >= 0.3 is 0 Å². The van der Waals surface area contributed by atoms with Gasteiger partial charge < -0.3 is 10.6 Å². The van der Waals surface area contributed by atoms with Crippen LogP contribution in [0.4, 0.5) is 0 Å². The van der Waals surface area contributed by atoms with Gasteiger partial charge in [-0.1, -0.05) is 0 Å². The van der Waals surface area contributed by atoms with Crippen LogP contribution >= 0.6 is 12.4 Å². The van der Waals surface area contributed by atoms with Gasteiger partial charge in [-0.25, -0.2) is 0 Å². The number of hydrogen-bond acceptors (Lipinski definition) is 3. The van der Waals surface area contributed by atoms with Crippen molar-refractivity contribution in [3.8, 4) is 0 Å². The molecule has 1 rings (SSSR count). The molecule has 0 aromatic carbocycles. The first kappa shape index (κ1) is 14.9. The van der Waals surface area contributed by atoms with Gasteiger partial charge in [0.2, 0.25) is 5.91 Å². The van der Waals surface area contributed by atoms with Crippen LogP contribution in [0.5, 0.6) is 0 Å². The van der Waals surface area contributed by atoms with Crippen molar-refractivity contribution >= 4 is 29.1 Å². The molecule has 15 heavy (non-hydrogen) atoms. The molecule has 1 atom stereocenters. The van der Waals surface area contributed by atoms with Gasteiger partial charge in [0.05, 0.1) is 6.04 Å². The Kier molecular flexibility index (Phi) is 6.40. The summed E-state index contributed by atoms with van der Waals surface area (Å²) in [6, 6.07) is -0.210. The minimum Gasteiger partial charge on any atom is -0.341 e. The maximum atomic E-state index is 11.5. The van der Waals surface area contributed by atoms with Gasteiger partial charge in [-0.3, -0.25) is 9.00 Å². The molecule has 0 aliphatic carbocycles. The lowest BCUT2D eigenvalue weighted by atomic mass is 10.1. The van der Waals surface area contributed by atoms with Gasteiger partial charge in [0.15, 0.2) is 0 Å². The van der Waals surface area contributed by atoms with Gasteiger partial charge in [0.25, 0.3) is 0 Å². The molecule has 1 amide bonds. The normalized spacial score (nSPS) is 27.7. The van der Waals surface area contributed by atoms with Crippen LogP contribution in [-0.4, -0.2) is 45.7 Å². The summed E-state index contributed by atoms with van der Waals surface area (Å²) < 4.78 is 11.1. The molecule has 0 bridgehead atoms. The van der Waals surface area contributed by atoms with Gasteiger partial charge in [-0.15, -0.1) is 12.4 Å². The molecule has 1 aliphatic heterocycles. The summed E-state index contributed by atoms with van der Waals surface area (Å²) in [4.78, 5) is 13.3. The zero-order valence-electron chi connectivity index (χ0n) is 9.14. The fourth-order valence-electron chi connectivity index (χ4n) is 1.67. The summed E-state index contributed by atoms with van der Waals surface area (Å²) >= 11 is 0. The first-order valence-electron chi connectivity index (χ1n) is 4.89. The lowest BCUT2D eigenvalue weighted by Crippen LogP contribution is -2.47. The molecule has 6 heteroatoms. The Bertz CT molecular complexity index is 238. The van der Waals surface area contributed by atoms with E-state index in [0.29, 0.717) is 11.5 Å². The topological polar surface area (TPSA) is 63.4 Å². The van der Waals surface area contributed by atoms with Crippen LogP contribution in [0.25, 0.3) is 0 Å². The minimum absolute atomic E-state index is 0. The Balaban J connectivity index is 0.00000196. The van der Waals surface area contributed by atoms with E-state index in [1.165, 1.54) is 0 Å². The van der Waals surface area contributed by atoms with E-state index in [2.05, 4.69) is 0 Å². The Morgan fingerprint density at radius 1 is 1.47 bits per heavy atom. The van der Waals surface area contributed by atoms with Gasteiger partial charge in [-0.2, -0.15) is 0 Å². The second-order valence-corrected chi connectivity index (χ2v) is 5.51. The smallest absolute Gasteiger partial charge is 0.239 e. The minimum atomic E-state index is -0.671. The molecular formula is C9H19ClN2O2S. The highest BCUT2D eigenvalue weighted by Crippen LogP contribution is 2.15. The Morgan fingerprint density at radius 2 is 1.93 bits per heavy atom. The zero-order chi connectivity index (χ0) is 10.7. The van der Waals surface area contributed by atoms with Crippen LogP contribution in [-0.2, 0) is 15.6 Å². The van der Waals surface area contributed by atoms with E-state index in [1.54, 1.807) is 18.9 Å². The van der Waals surface area contributed by atoms with Crippen LogP contribution in [0.15, 0.2) is 0 Å². The molecule has 4 nitrogen and oxygen atoms in total. The maximum absolute atomic E-state index is 11.5. The van der Waals surface area contributed by atoms with Crippen LogP contribution in [0.2, 0.25) is 0 Å². The molecule has 0 aromatic rings. The van der Waals surface area contributed by atoms with Crippen LogP contribution in [0, 0.1) is 0 Å². The molecule has 0 saturated carbocycles. The highest BCUT2D eigenvalue weighted by molar-refractivity contribution is 7.85. The number of nitrogens with two attached hydrogens (primary N) is 1. The van der Waals surface area contributed by atoms with Crippen molar-refractivity contribution in [2.75, 3.05) is 18.6 Å². The predicted molar refractivity (Wildman–Crippen MR) is 64.6 cm³/mol. The van der Waals surface area contributed by atoms with Crippen LogP contribution < -0.4 is 5.73 Å². The van der Waals surface area contributed by atoms with Crippen molar-refractivity contribution in [1.82, 2.24) is 4.90 Å². The fraction of sp³-hybridized carbons (Fsp3) is 0.889. The Morgan fingerprint density at radius 3 is 2.33 bits per heavy atom. The molecule has 0 radical (unpaired) electrons. The lowest BCUT2D eigenvalue weighted by Gasteiger charge is -2.31. The van der Waals surface area contributed by atoms with E-state index in [4.69, 9.17) is 5.73 Å². The van der Waals surface area contributed by atoms with E-state index in [0.717, 1.165) is 12.8 Å². The largest absolute Gasteiger partial charge is 0.341 e. The summed E-state index contributed by atoms with van der Waals surface area (Å²) in [6.07, 6.45) is 1.67. The van der Waals surface area contributed by atoms with Crippen molar-refractivity contribution < 1.29 is 9.00 Å². The average Bonchev–Trinajstić information content (AvgIpc) is 2.16. The molecule has 1 aliphatic rings. The van der Waals surface area contributed by atoms with Crippen molar-refractivity contribution in [3.05, 3.63) is 0 Å². The molecule has 0 aromatic heterocycles. The third-order valence-corrected chi connectivity index (χ3v) is 4.02. The van der Waals surface area contributed by atoms with Crippen LogP contribution in [0.3, 0.4) is 0 Å². The fourth-order valence-corrected chi connectivity index (χ4v) is 2.94. The Labute approximate surface area is 99.4 Å². The monoisotopic (exact) mass is 254 g/mol. The number of nitrogens with zero attached hydrogens (tertiary/aromatic N) is 1. The van der Waals surface area contributed by atoms with Crippen molar-refractivity contribution in [1.29, 1.82) is 0 Å². The average molecular weight is 255 g/mol. The Hall–Kier alpha value is -0.130. The van der Waals surface area contributed by atoms with Crippen LogP contribution in [0.1, 0.15) is 19.8 Å². The number of likely N-dealkylation sites (N-methyl/N-ethyl adjacent to an activating group) is 1. The maximum Gasteiger partial charge on any atom is 0.239 e. The summed E-state index contributed by atoms with van der Waals surface area (Å²) in [5.41, 5.74) is 5.52. The second-order valence-electron chi connectivity index (χ2n) is 3.82. The van der Waals surface area contributed by atoms with Gasteiger partial charge in [0, 0.05) is 35.4 Å². The zero-order valence-corrected chi connectivity index (χ0v) is 10.8. The van der Waals surface area contributed by atoms with E-state index in [9.17, 15) is 9.00 Å². The van der Waals surface area contributed by atoms with Crippen molar-refractivity contribution in [3.63, 3.8) is 0 Å². The molecule has 1 saturated heterocycles. The lowest BCUT2D eigenvalue weighted by molar-refractivity contribution is -0.133. The number of rotatable bonds is 2. The van der Waals surface area contributed by atoms with E-state index < -0.39 is 16.8 Å². The molecule has 1 unspecified atom stereocenters. The number of amides is 1. The second kappa shape index (κ2) is 6.45. The summed E-state index contributed by atoms with van der Waals surface area (Å²) in [5.74, 6) is 1.39. The quantitative estimate of drug-likeness (QED) is 0.762. The highest BCUT2D eigenvalue weighted by atomic mass is 35.5. The third kappa shape index (κ3) is 4.09. The highest BCUT2D eigenvalue weighted by Gasteiger charge is 2.25. The molecule has 90 valence electrons. The van der Waals surface area contributed by atoms with Gasteiger partial charge in [-0.05, 0) is 19.8 Å². The first-order chi connectivity index (χ1) is 6.52. The first-order valence-corrected chi connectivity index (χ1v) is 6.38. The predicted octanol–water partition coefficient (Wildman–Crippen LogP) is 0.125. The van der Waals surface area contributed by atoms with Crippen molar-refractivity contribution in [2.24, 2.45) is 5.73 Å². The number of carbonyl (C=O) groups is 1. The molecule has 2 N–H and O–H groups in total. The van der Waals surface area contributed by atoms with E-state index in [-0.39, 0.29) is 24.4 Å². The SMILES string of the molecule is CC(N)C(=O)N(C)C1CCS(=O)CC1.Cl. The molecule has 0 spiro atoms. The van der Waals surface area contributed by atoms with Crippen molar-refractivity contribution in [2.45, 2.75) is 31.8 Å². The number of carbonyl (C=O) groups excluding carboxylic acids is 1. The molecule has 1 fully saturated rings. The summed E-state index contributed by atoms with van der Waals surface area (Å²) in [6.45, 7) is 1.69. The summed E-state index contributed by atoms with van der Waals surface area (Å²) in [7, 11) is 1.11. The summed E-state index contributed by atoms with van der Waals surface area (Å²) in [5, 5.41) is 0. The number of halogens is 1. The molecule has 1 heterocycles. The number of hydrogen-bond donors (Lipinski definition) is 1. The standard InChI is InChI=1S/C9H18N2O2S.ClH/c1-7(10)9(12)11(2)8-3-5-14(13)6-4-8;/h7-8H,3-6,10H2,1-2H3;1H.